The molecule has 1 atom stereocenters. The zero-order valence-corrected chi connectivity index (χ0v) is 19.5. The number of aliphatic hydroxyl groups is 1. The van der Waals surface area contributed by atoms with E-state index < -0.39 is 23.7 Å². The summed E-state index contributed by atoms with van der Waals surface area (Å²) in [6.07, 6.45) is 2.09. The van der Waals surface area contributed by atoms with Crippen LogP contribution in [0, 0.1) is 13.8 Å². The second kappa shape index (κ2) is 9.91. The number of amides is 1. The lowest BCUT2D eigenvalue weighted by Crippen LogP contribution is -2.32. The molecule has 1 amide bonds. The van der Waals surface area contributed by atoms with E-state index in [1.54, 1.807) is 38.1 Å². The first kappa shape index (κ1) is 24.1. The summed E-state index contributed by atoms with van der Waals surface area (Å²) in [5, 5.41) is 11.1. The van der Waals surface area contributed by atoms with Crippen LogP contribution in [0.3, 0.4) is 0 Å². The third kappa shape index (κ3) is 4.93. The number of Topliss-reactive ketones (excluding diaryl/α,β-unsaturated/α-hetero) is 1. The molecule has 2 heterocycles. The van der Waals surface area contributed by atoms with Crippen molar-refractivity contribution in [1.29, 1.82) is 0 Å². The highest BCUT2D eigenvalue weighted by molar-refractivity contribution is 6.46. The van der Waals surface area contributed by atoms with Crippen molar-refractivity contribution in [1.82, 2.24) is 19.8 Å². The molecule has 9 nitrogen and oxygen atoms in total. The van der Waals surface area contributed by atoms with Gasteiger partial charge < -0.3 is 19.6 Å². The van der Waals surface area contributed by atoms with Crippen LogP contribution in [0.1, 0.15) is 45.5 Å². The third-order valence-electron chi connectivity index (χ3n) is 5.55. The van der Waals surface area contributed by atoms with Gasteiger partial charge >= 0.3 is 5.97 Å². The van der Waals surface area contributed by atoms with E-state index >= 15 is 0 Å². The minimum absolute atomic E-state index is 0.0220. The van der Waals surface area contributed by atoms with Gasteiger partial charge in [0.1, 0.15) is 11.6 Å². The lowest BCUT2D eigenvalue weighted by molar-refractivity contribution is -0.139. The SMILES string of the molecule is COC(=O)c1ccc([C@@H]2/C(=C(\O)c3cnc(C)nc3C)C(=O)C(=O)N2CCCN(C)C)cc1. The maximum Gasteiger partial charge on any atom is 0.337 e. The summed E-state index contributed by atoms with van der Waals surface area (Å²) in [4.78, 5) is 49.7. The Morgan fingerprint density at radius 2 is 1.85 bits per heavy atom. The number of carbonyl (C=O) groups excluding carboxylic acids is 3. The zero-order chi connectivity index (χ0) is 24.3. The number of benzene rings is 1. The maximum absolute atomic E-state index is 13.1. The van der Waals surface area contributed by atoms with Crippen molar-refractivity contribution in [3.05, 3.63) is 64.2 Å². The smallest absolute Gasteiger partial charge is 0.337 e. The molecule has 0 spiro atoms. The summed E-state index contributed by atoms with van der Waals surface area (Å²) < 4.78 is 4.75. The highest BCUT2D eigenvalue weighted by atomic mass is 16.5. The minimum atomic E-state index is -0.806. The molecule has 0 radical (unpaired) electrons. The van der Waals surface area contributed by atoms with Crippen molar-refractivity contribution >= 4 is 23.4 Å². The molecule has 1 saturated heterocycles. The molecule has 0 bridgehead atoms. The summed E-state index contributed by atoms with van der Waals surface area (Å²) in [7, 11) is 5.15. The Balaban J connectivity index is 2.12. The molecule has 2 aromatic rings. The Kier molecular flexibility index (Phi) is 7.23. The van der Waals surface area contributed by atoms with Crippen LogP contribution >= 0.6 is 0 Å². The molecular formula is C24H28N4O5. The Hall–Kier alpha value is -3.59. The number of ether oxygens (including phenoxy) is 1. The number of methoxy groups -OCH3 is 1. The van der Waals surface area contributed by atoms with Gasteiger partial charge in [-0.2, -0.15) is 0 Å². The molecule has 1 aliphatic rings. The molecular weight excluding hydrogens is 424 g/mol. The number of nitrogens with zero attached hydrogens (tertiary/aromatic N) is 4. The predicted octanol–water partition coefficient (Wildman–Crippen LogP) is 2.25. The number of hydrogen-bond donors (Lipinski definition) is 1. The molecule has 1 N–H and O–H groups in total. The molecule has 1 aromatic carbocycles. The summed E-state index contributed by atoms with van der Waals surface area (Å²) in [6.45, 7) is 4.48. The zero-order valence-electron chi connectivity index (χ0n) is 19.5. The van der Waals surface area contributed by atoms with Crippen LogP contribution in [0.4, 0.5) is 0 Å². The largest absolute Gasteiger partial charge is 0.507 e. The molecule has 1 aliphatic heterocycles. The number of esters is 1. The fraction of sp³-hybridized carbons (Fsp3) is 0.375. The summed E-state index contributed by atoms with van der Waals surface area (Å²) in [5.74, 6) is -1.72. The second-order valence-electron chi connectivity index (χ2n) is 8.18. The van der Waals surface area contributed by atoms with E-state index in [1.165, 1.54) is 18.2 Å². The number of aliphatic hydroxyl groups excluding tert-OH is 1. The fourth-order valence-corrected chi connectivity index (χ4v) is 3.89. The molecule has 3 rings (SSSR count). The standard InChI is InChI=1S/C24H28N4O5/c1-14-18(13-25-15(2)26-14)21(29)19-20(16-7-9-17(10-8-16)24(32)33-5)28(23(31)22(19)30)12-6-11-27(3)4/h7-10,13,20,29H,6,11-12H2,1-5H3/b21-19+/t20-/m1/s1. The Morgan fingerprint density at radius 3 is 2.42 bits per heavy atom. The topological polar surface area (TPSA) is 113 Å². The quantitative estimate of drug-likeness (QED) is 0.295. The van der Waals surface area contributed by atoms with E-state index in [-0.39, 0.29) is 11.3 Å². The average molecular weight is 453 g/mol. The van der Waals surface area contributed by atoms with Gasteiger partial charge in [-0.1, -0.05) is 12.1 Å². The van der Waals surface area contributed by atoms with Gasteiger partial charge in [0.05, 0.1) is 35.5 Å². The summed E-state index contributed by atoms with van der Waals surface area (Å²) in [6, 6.07) is 5.66. The number of hydrogen-bond acceptors (Lipinski definition) is 8. The molecule has 9 heteroatoms. The number of aryl methyl sites for hydroxylation is 2. The monoisotopic (exact) mass is 452 g/mol. The second-order valence-corrected chi connectivity index (χ2v) is 8.18. The van der Waals surface area contributed by atoms with E-state index in [4.69, 9.17) is 4.74 Å². The predicted molar refractivity (Wildman–Crippen MR) is 121 cm³/mol. The van der Waals surface area contributed by atoms with Gasteiger partial charge in [0.15, 0.2) is 0 Å². The third-order valence-corrected chi connectivity index (χ3v) is 5.55. The van der Waals surface area contributed by atoms with Crippen molar-refractivity contribution in [3.8, 4) is 0 Å². The van der Waals surface area contributed by atoms with Crippen molar-refractivity contribution in [2.24, 2.45) is 0 Å². The molecule has 33 heavy (non-hydrogen) atoms. The number of rotatable bonds is 7. The maximum atomic E-state index is 13.1. The number of aromatic nitrogens is 2. The molecule has 0 unspecified atom stereocenters. The molecule has 0 aliphatic carbocycles. The van der Waals surface area contributed by atoms with Gasteiger partial charge in [0, 0.05) is 12.7 Å². The Morgan fingerprint density at radius 1 is 1.18 bits per heavy atom. The Bertz CT molecular complexity index is 1110. The first-order chi connectivity index (χ1) is 15.6. The van der Waals surface area contributed by atoms with E-state index in [0.29, 0.717) is 41.2 Å². The normalized spacial score (nSPS) is 17.6. The van der Waals surface area contributed by atoms with E-state index in [0.717, 1.165) is 6.54 Å². The van der Waals surface area contributed by atoms with Gasteiger partial charge in [0.2, 0.25) is 0 Å². The highest BCUT2D eigenvalue weighted by Crippen LogP contribution is 2.39. The van der Waals surface area contributed by atoms with Gasteiger partial charge in [0.25, 0.3) is 11.7 Å². The van der Waals surface area contributed by atoms with Gasteiger partial charge in [-0.3, -0.25) is 9.59 Å². The van der Waals surface area contributed by atoms with Crippen molar-refractivity contribution < 1.29 is 24.2 Å². The minimum Gasteiger partial charge on any atom is -0.507 e. The Labute approximate surface area is 192 Å². The van der Waals surface area contributed by atoms with Crippen molar-refractivity contribution in [2.45, 2.75) is 26.3 Å². The van der Waals surface area contributed by atoms with Crippen LogP contribution in [0.2, 0.25) is 0 Å². The number of likely N-dealkylation sites (tertiary alicyclic amines) is 1. The van der Waals surface area contributed by atoms with Crippen LogP contribution in [0.15, 0.2) is 36.0 Å². The highest BCUT2D eigenvalue weighted by Gasteiger charge is 2.46. The molecule has 1 fully saturated rings. The van der Waals surface area contributed by atoms with Gasteiger partial charge in [-0.05, 0) is 58.6 Å². The summed E-state index contributed by atoms with van der Waals surface area (Å²) >= 11 is 0. The van der Waals surface area contributed by atoms with E-state index in [1.807, 2.05) is 19.0 Å². The number of ketones is 1. The van der Waals surface area contributed by atoms with Gasteiger partial charge in [-0.25, -0.2) is 14.8 Å². The van der Waals surface area contributed by atoms with Crippen molar-refractivity contribution in [2.75, 3.05) is 34.3 Å². The van der Waals surface area contributed by atoms with Crippen LogP contribution in [-0.2, 0) is 14.3 Å². The fourth-order valence-electron chi connectivity index (χ4n) is 3.89. The summed E-state index contributed by atoms with van der Waals surface area (Å²) in [5.41, 5.74) is 1.71. The first-order valence-corrected chi connectivity index (χ1v) is 10.6. The molecule has 174 valence electrons. The van der Waals surface area contributed by atoms with Crippen LogP contribution < -0.4 is 0 Å². The average Bonchev–Trinajstić information content (AvgIpc) is 3.03. The lowest BCUT2D eigenvalue weighted by Gasteiger charge is -2.26. The molecule has 1 aromatic heterocycles. The lowest BCUT2D eigenvalue weighted by atomic mass is 9.94. The van der Waals surface area contributed by atoms with Crippen molar-refractivity contribution in [3.63, 3.8) is 0 Å². The van der Waals surface area contributed by atoms with Gasteiger partial charge in [-0.15, -0.1) is 0 Å². The number of carbonyl (C=O) groups is 3. The first-order valence-electron chi connectivity index (χ1n) is 10.6. The van der Waals surface area contributed by atoms with Crippen LogP contribution in [-0.4, -0.2) is 76.8 Å². The molecule has 0 saturated carbocycles. The van der Waals surface area contributed by atoms with E-state index in [9.17, 15) is 19.5 Å². The van der Waals surface area contributed by atoms with Crippen LogP contribution in [0.5, 0.6) is 0 Å². The van der Waals surface area contributed by atoms with Crippen LogP contribution in [0.25, 0.3) is 5.76 Å². The van der Waals surface area contributed by atoms with E-state index in [2.05, 4.69) is 9.97 Å².